The lowest BCUT2D eigenvalue weighted by molar-refractivity contribution is 0.494. The van der Waals surface area contributed by atoms with E-state index in [1.165, 1.54) is 19.3 Å². The van der Waals surface area contributed by atoms with E-state index < -0.39 is 0 Å². The monoisotopic (exact) mass is 291 g/mol. The summed E-state index contributed by atoms with van der Waals surface area (Å²) in [6.07, 6.45) is 4.06. The number of halogens is 1. The van der Waals surface area contributed by atoms with Crippen LogP contribution in [0.25, 0.3) is 0 Å². The predicted molar refractivity (Wildman–Crippen MR) is 69.7 cm³/mol. The zero-order chi connectivity index (χ0) is 11.8. The van der Waals surface area contributed by atoms with Crippen molar-refractivity contribution in [1.29, 1.82) is 5.26 Å². The third kappa shape index (κ3) is 1.93. The number of nitrogens with zero attached hydrogens (tertiary/aromatic N) is 3. The zero-order valence-corrected chi connectivity index (χ0v) is 11.2. The fraction of sp³-hybridized carbons (Fsp3) is 0.538. The second-order valence-electron chi connectivity index (χ2n) is 4.97. The van der Waals surface area contributed by atoms with Gasteiger partial charge in [0.05, 0.1) is 5.56 Å². The maximum Gasteiger partial charge on any atom is 0.147 e. The van der Waals surface area contributed by atoms with Crippen molar-refractivity contribution in [2.45, 2.75) is 19.3 Å². The third-order valence-electron chi connectivity index (χ3n) is 3.99. The maximum absolute atomic E-state index is 9.14. The van der Waals surface area contributed by atoms with Crippen LogP contribution in [0.2, 0.25) is 0 Å². The van der Waals surface area contributed by atoms with Crippen LogP contribution in [0.3, 0.4) is 0 Å². The molecule has 0 radical (unpaired) electrons. The summed E-state index contributed by atoms with van der Waals surface area (Å²) in [5.41, 5.74) is 0.688. The van der Waals surface area contributed by atoms with E-state index in [-0.39, 0.29) is 0 Å². The summed E-state index contributed by atoms with van der Waals surface area (Å²) in [4.78, 5) is 6.76. The first-order valence-corrected chi connectivity index (χ1v) is 6.89. The number of fused-ring (bicyclic) bond motifs is 1. The summed E-state index contributed by atoms with van der Waals surface area (Å²) in [5, 5.41) is 9.14. The molecule has 0 N–H and O–H groups in total. The van der Waals surface area contributed by atoms with Crippen LogP contribution in [0.5, 0.6) is 0 Å². The van der Waals surface area contributed by atoms with Gasteiger partial charge in [-0.2, -0.15) is 5.26 Å². The maximum atomic E-state index is 9.14. The molecule has 0 aromatic carbocycles. The third-order valence-corrected chi connectivity index (χ3v) is 4.43. The summed E-state index contributed by atoms with van der Waals surface area (Å²) >= 11 is 3.39. The first kappa shape index (κ1) is 11.0. The van der Waals surface area contributed by atoms with E-state index in [4.69, 9.17) is 5.26 Å². The summed E-state index contributed by atoms with van der Waals surface area (Å²) < 4.78 is 0.809. The second kappa shape index (κ2) is 4.30. The summed E-state index contributed by atoms with van der Waals surface area (Å²) in [6.45, 7) is 2.14. The van der Waals surface area contributed by atoms with E-state index in [0.717, 1.165) is 35.3 Å². The van der Waals surface area contributed by atoms with Crippen LogP contribution in [-0.2, 0) is 0 Å². The highest BCUT2D eigenvalue weighted by molar-refractivity contribution is 9.10. The lowest BCUT2D eigenvalue weighted by atomic mass is 10.0. The van der Waals surface area contributed by atoms with Gasteiger partial charge in [0.25, 0.3) is 0 Å². The van der Waals surface area contributed by atoms with Gasteiger partial charge in [-0.15, -0.1) is 0 Å². The molecule has 2 fully saturated rings. The number of rotatable bonds is 1. The number of nitriles is 1. The first-order valence-electron chi connectivity index (χ1n) is 6.09. The van der Waals surface area contributed by atoms with Crippen molar-refractivity contribution < 1.29 is 0 Å². The second-order valence-corrected chi connectivity index (χ2v) is 5.79. The predicted octanol–water partition coefficient (Wildman–Crippen LogP) is 2.95. The van der Waals surface area contributed by atoms with Gasteiger partial charge in [-0.25, -0.2) is 4.98 Å². The van der Waals surface area contributed by atoms with Crippen molar-refractivity contribution in [3.8, 4) is 6.07 Å². The van der Waals surface area contributed by atoms with Gasteiger partial charge < -0.3 is 4.90 Å². The average molecular weight is 292 g/mol. The molecule has 0 bridgehead atoms. The molecule has 3 rings (SSSR count). The van der Waals surface area contributed by atoms with E-state index in [1.807, 2.05) is 12.1 Å². The molecular weight excluding hydrogens is 278 g/mol. The Hall–Kier alpha value is -1.08. The highest BCUT2D eigenvalue weighted by Gasteiger charge is 2.37. The van der Waals surface area contributed by atoms with Crippen LogP contribution < -0.4 is 4.90 Å². The normalized spacial score (nSPS) is 26.9. The Labute approximate surface area is 110 Å². The molecule has 2 atom stereocenters. The van der Waals surface area contributed by atoms with Gasteiger partial charge in [-0.05, 0) is 52.7 Å². The minimum absolute atomic E-state index is 0.688. The smallest absolute Gasteiger partial charge is 0.147 e. The molecule has 0 spiro atoms. The van der Waals surface area contributed by atoms with E-state index in [2.05, 4.69) is 31.9 Å². The lowest BCUT2D eigenvalue weighted by Gasteiger charge is -2.19. The molecule has 4 heteroatoms. The molecule has 2 heterocycles. The number of hydrogen-bond acceptors (Lipinski definition) is 3. The number of hydrogen-bond donors (Lipinski definition) is 0. The highest BCUT2D eigenvalue weighted by atomic mass is 79.9. The molecule has 1 aliphatic heterocycles. The van der Waals surface area contributed by atoms with Gasteiger partial charge in [0.1, 0.15) is 16.5 Å². The molecule has 2 aliphatic rings. The first-order chi connectivity index (χ1) is 8.28. The van der Waals surface area contributed by atoms with E-state index >= 15 is 0 Å². The molecule has 88 valence electrons. The van der Waals surface area contributed by atoms with Gasteiger partial charge in [0.2, 0.25) is 0 Å². The fourth-order valence-electron chi connectivity index (χ4n) is 3.16. The minimum atomic E-state index is 0.688. The molecule has 3 nitrogen and oxygen atoms in total. The SMILES string of the molecule is N#Cc1ccc(Br)nc1N1CC2CCCC2C1. The van der Waals surface area contributed by atoms with Gasteiger partial charge in [-0.3, -0.25) is 0 Å². The fourth-order valence-corrected chi connectivity index (χ4v) is 3.46. The number of anilines is 1. The van der Waals surface area contributed by atoms with Crippen molar-refractivity contribution >= 4 is 21.7 Å². The molecule has 1 aromatic heterocycles. The largest absolute Gasteiger partial charge is 0.355 e. The molecule has 1 saturated carbocycles. The van der Waals surface area contributed by atoms with Crippen LogP contribution in [0.4, 0.5) is 5.82 Å². The van der Waals surface area contributed by atoms with Gasteiger partial charge in [0, 0.05) is 13.1 Å². The Morgan fingerprint density at radius 1 is 1.29 bits per heavy atom. The van der Waals surface area contributed by atoms with Crippen LogP contribution in [0, 0.1) is 23.2 Å². The average Bonchev–Trinajstić information content (AvgIpc) is 2.88. The van der Waals surface area contributed by atoms with Crippen molar-refractivity contribution in [2.75, 3.05) is 18.0 Å². The molecule has 1 aromatic rings. The molecule has 0 amide bonds. The Morgan fingerprint density at radius 2 is 2.00 bits per heavy atom. The van der Waals surface area contributed by atoms with Crippen LogP contribution >= 0.6 is 15.9 Å². The van der Waals surface area contributed by atoms with Crippen molar-refractivity contribution in [2.24, 2.45) is 11.8 Å². The molecule has 1 saturated heterocycles. The van der Waals surface area contributed by atoms with E-state index in [0.29, 0.717) is 5.56 Å². The molecule has 17 heavy (non-hydrogen) atoms. The van der Waals surface area contributed by atoms with Crippen molar-refractivity contribution in [1.82, 2.24) is 4.98 Å². The Morgan fingerprint density at radius 3 is 2.65 bits per heavy atom. The summed E-state index contributed by atoms with van der Waals surface area (Å²) in [5.74, 6) is 2.50. The zero-order valence-electron chi connectivity index (χ0n) is 9.56. The van der Waals surface area contributed by atoms with Crippen LogP contribution in [0.1, 0.15) is 24.8 Å². The summed E-state index contributed by atoms with van der Waals surface area (Å²) in [6, 6.07) is 5.92. The highest BCUT2D eigenvalue weighted by Crippen LogP contribution is 2.39. The topological polar surface area (TPSA) is 39.9 Å². The van der Waals surface area contributed by atoms with Gasteiger partial charge in [0.15, 0.2) is 0 Å². The lowest BCUT2D eigenvalue weighted by Crippen LogP contribution is -2.23. The Bertz CT molecular complexity index is 468. The standard InChI is InChI=1S/C13H14BrN3/c14-12-5-4-9(6-15)13(16-12)17-7-10-2-1-3-11(10)8-17/h4-5,10-11H,1-3,7-8H2. The van der Waals surface area contributed by atoms with E-state index in [9.17, 15) is 0 Å². The van der Waals surface area contributed by atoms with Crippen LogP contribution in [-0.4, -0.2) is 18.1 Å². The minimum Gasteiger partial charge on any atom is -0.355 e. The van der Waals surface area contributed by atoms with Crippen molar-refractivity contribution in [3.63, 3.8) is 0 Å². The molecule has 1 aliphatic carbocycles. The van der Waals surface area contributed by atoms with E-state index in [1.54, 1.807) is 0 Å². The van der Waals surface area contributed by atoms with Crippen LogP contribution in [0.15, 0.2) is 16.7 Å². The number of pyridine rings is 1. The quantitative estimate of drug-likeness (QED) is 0.747. The van der Waals surface area contributed by atoms with Crippen molar-refractivity contribution in [3.05, 3.63) is 22.3 Å². The molecular formula is C13H14BrN3. The van der Waals surface area contributed by atoms with Gasteiger partial charge >= 0.3 is 0 Å². The summed E-state index contributed by atoms with van der Waals surface area (Å²) in [7, 11) is 0. The number of aromatic nitrogens is 1. The van der Waals surface area contributed by atoms with Gasteiger partial charge in [-0.1, -0.05) is 6.42 Å². The Kier molecular flexibility index (Phi) is 2.79. The molecule has 2 unspecified atom stereocenters. The Balaban J connectivity index is 1.90.